The Morgan fingerprint density at radius 1 is 1.30 bits per heavy atom. The summed E-state index contributed by atoms with van der Waals surface area (Å²) in [6.45, 7) is 1.91. The van der Waals surface area contributed by atoms with Gasteiger partial charge in [-0.05, 0) is 56.7 Å². The first-order valence-corrected chi connectivity index (χ1v) is 9.69. The Hall–Kier alpha value is -2.34. The summed E-state index contributed by atoms with van der Waals surface area (Å²) in [4.78, 5) is 24.8. The van der Waals surface area contributed by atoms with Gasteiger partial charge in [0.15, 0.2) is 0 Å². The molecule has 0 saturated carbocycles. The number of carbonyl (C=O) groups is 1. The number of ether oxygens (including phenoxy) is 1. The minimum absolute atomic E-state index is 0.00919. The number of fused-ring (bicyclic) bond motifs is 3. The van der Waals surface area contributed by atoms with Gasteiger partial charge in [-0.15, -0.1) is 0 Å². The first kappa shape index (κ1) is 18.0. The zero-order chi connectivity index (χ0) is 19.0. The molecular formula is C21H26N2O4. The van der Waals surface area contributed by atoms with Gasteiger partial charge in [-0.25, -0.2) is 4.79 Å². The number of carbonyl (C=O) groups excluding carboxylic acids is 1. The van der Waals surface area contributed by atoms with Crippen molar-refractivity contribution in [3.63, 3.8) is 0 Å². The molecule has 6 nitrogen and oxygen atoms in total. The first-order chi connectivity index (χ1) is 13.0. The number of piperidine rings is 1. The topological polar surface area (TPSA) is 80.6 Å². The Balaban J connectivity index is 1.43. The number of amides is 1. The Bertz CT molecular complexity index is 908. The summed E-state index contributed by atoms with van der Waals surface area (Å²) in [5, 5.41) is 7.61. The summed E-state index contributed by atoms with van der Waals surface area (Å²) in [6, 6.07) is 6.78. The zero-order valence-corrected chi connectivity index (χ0v) is 15.8. The first-order valence-electron chi connectivity index (χ1n) is 9.69. The third-order valence-corrected chi connectivity index (χ3v) is 5.93. The lowest BCUT2D eigenvalue weighted by atomic mass is 9.99. The van der Waals surface area contributed by atoms with Crippen LogP contribution in [0.15, 0.2) is 27.4 Å². The van der Waals surface area contributed by atoms with Crippen molar-refractivity contribution in [2.75, 3.05) is 7.11 Å². The lowest BCUT2D eigenvalue weighted by Crippen LogP contribution is -2.48. The van der Waals surface area contributed by atoms with E-state index in [0.29, 0.717) is 41.8 Å². The highest BCUT2D eigenvalue weighted by Crippen LogP contribution is 2.27. The van der Waals surface area contributed by atoms with Gasteiger partial charge in [0, 0.05) is 41.6 Å². The summed E-state index contributed by atoms with van der Waals surface area (Å²) in [7, 11) is 1.58. The molecule has 4 rings (SSSR count). The number of hydrogen-bond acceptors (Lipinski definition) is 5. The summed E-state index contributed by atoms with van der Waals surface area (Å²) >= 11 is 0. The van der Waals surface area contributed by atoms with E-state index in [2.05, 4.69) is 10.6 Å². The van der Waals surface area contributed by atoms with Crippen LogP contribution in [0, 0.1) is 6.92 Å². The van der Waals surface area contributed by atoms with E-state index in [9.17, 15) is 9.59 Å². The maximum absolute atomic E-state index is 12.4. The molecule has 2 N–H and O–H groups in total. The number of nitrogens with one attached hydrogen (secondary N) is 2. The second-order valence-electron chi connectivity index (χ2n) is 7.73. The fourth-order valence-corrected chi connectivity index (χ4v) is 4.50. The maximum atomic E-state index is 12.4. The molecule has 0 radical (unpaired) electrons. The van der Waals surface area contributed by atoms with Crippen molar-refractivity contribution in [2.45, 2.75) is 63.6 Å². The molecule has 2 aliphatic heterocycles. The average Bonchev–Trinajstić information content (AvgIpc) is 2.99. The van der Waals surface area contributed by atoms with Crippen LogP contribution in [0.5, 0.6) is 5.75 Å². The van der Waals surface area contributed by atoms with E-state index < -0.39 is 0 Å². The van der Waals surface area contributed by atoms with Crippen molar-refractivity contribution in [3.05, 3.63) is 39.7 Å². The number of benzene rings is 1. The third kappa shape index (κ3) is 3.72. The summed E-state index contributed by atoms with van der Waals surface area (Å²) in [5.41, 5.74) is 1.58. The molecular weight excluding hydrogens is 344 g/mol. The number of rotatable bonds is 5. The maximum Gasteiger partial charge on any atom is 0.339 e. The molecule has 27 heavy (non-hydrogen) atoms. The molecule has 2 aromatic rings. The normalized spacial score (nSPS) is 24.1. The van der Waals surface area contributed by atoms with Gasteiger partial charge >= 0.3 is 5.63 Å². The predicted octanol–water partition coefficient (Wildman–Crippen LogP) is 2.44. The monoisotopic (exact) mass is 370 g/mol. The minimum Gasteiger partial charge on any atom is -0.497 e. The van der Waals surface area contributed by atoms with Gasteiger partial charge in [-0.2, -0.15) is 0 Å². The molecule has 1 aromatic heterocycles. The zero-order valence-electron chi connectivity index (χ0n) is 15.8. The SMILES string of the molecule is COc1ccc2c(C)c(CCC(=O)NC3CC4CCC(C3)N4)c(=O)oc2c1. The molecule has 6 heteroatoms. The Morgan fingerprint density at radius 2 is 2.04 bits per heavy atom. The second-order valence-corrected chi connectivity index (χ2v) is 7.73. The van der Waals surface area contributed by atoms with E-state index in [4.69, 9.17) is 9.15 Å². The molecule has 2 bridgehead atoms. The van der Waals surface area contributed by atoms with Gasteiger partial charge in [0.05, 0.1) is 7.11 Å². The van der Waals surface area contributed by atoms with E-state index in [-0.39, 0.29) is 17.6 Å². The van der Waals surface area contributed by atoms with Gasteiger partial charge in [0.1, 0.15) is 11.3 Å². The average molecular weight is 370 g/mol. The Morgan fingerprint density at radius 3 is 2.74 bits per heavy atom. The van der Waals surface area contributed by atoms with Crippen LogP contribution in [-0.4, -0.2) is 31.1 Å². The lowest BCUT2D eigenvalue weighted by Gasteiger charge is -2.29. The summed E-state index contributed by atoms with van der Waals surface area (Å²) in [6.07, 6.45) is 5.10. The minimum atomic E-state index is -0.374. The number of aryl methyl sites for hydroxylation is 1. The molecule has 2 fully saturated rings. The number of methoxy groups -OCH3 is 1. The van der Waals surface area contributed by atoms with E-state index in [1.54, 1.807) is 13.2 Å². The van der Waals surface area contributed by atoms with Gasteiger partial charge < -0.3 is 19.8 Å². The summed E-state index contributed by atoms with van der Waals surface area (Å²) in [5.74, 6) is 0.656. The van der Waals surface area contributed by atoms with E-state index in [1.807, 2.05) is 19.1 Å². The van der Waals surface area contributed by atoms with E-state index in [1.165, 1.54) is 12.8 Å². The molecule has 2 unspecified atom stereocenters. The van der Waals surface area contributed by atoms with Crippen LogP contribution in [0.3, 0.4) is 0 Å². The molecule has 2 aliphatic rings. The van der Waals surface area contributed by atoms with Gasteiger partial charge in [-0.3, -0.25) is 4.79 Å². The fourth-order valence-electron chi connectivity index (χ4n) is 4.50. The molecule has 0 spiro atoms. The second kappa shape index (κ2) is 7.35. The Labute approximate surface area is 158 Å². The number of hydrogen-bond donors (Lipinski definition) is 2. The largest absolute Gasteiger partial charge is 0.497 e. The third-order valence-electron chi connectivity index (χ3n) is 5.93. The van der Waals surface area contributed by atoms with Crippen molar-refractivity contribution in [1.82, 2.24) is 10.6 Å². The summed E-state index contributed by atoms with van der Waals surface area (Å²) < 4.78 is 10.6. The molecule has 3 heterocycles. The van der Waals surface area contributed by atoms with Crippen molar-refractivity contribution >= 4 is 16.9 Å². The molecule has 1 amide bonds. The quantitative estimate of drug-likeness (QED) is 0.790. The van der Waals surface area contributed by atoms with Crippen molar-refractivity contribution in [3.8, 4) is 5.75 Å². The highest BCUT2D eigenvalue weighted by atomic mass is 16.5. The van der Waals surface area contributed by atoms with E-state index >= 15 is 0 Å². The van der Waals surface area contributed by atoms with Gasteiger partial charge in [0.25, 0.3) is 0 Å². The highest BCUT2D eigenvalue weighted by molar-refractivity contribution is 5.82. The molecule has 2 saturated heterocycles. The van der Waals surface area contributed by atoms with Crippen LogP contribution >= 0.6 is 0 Å². The Kier molecular flexibility index (Phi) is 4.91. The molecule has 0 aliphatic carbocycles. The van der Waals surface area contributed by atoms with Crippen molar-refractivity contribution in [2.24, 2.45) is 0 Å². The van der Waals surface area contributed by atoms with Crippen LogP contribution in [0.25, 0.3) is 11.0 Å². The standard InChI is InChI=1S/C21H26N2O4/c1-12-17-6-5-16(26-2)11-19(17)27-21(25)18(12)7-8-20(24)23-15-9-13-3-4-14(10-15)22-13/h5-6,11,13-15,22H,3-4,7-10H2,1-2H3,(H,23,24). The predicted molar refractivity (Wildman–Crippen MR) is 103 cm³/mol. The van der Waals surface area contributed by atoms with Crippen molar-refractivity contribution < 1.29 is 13.9 Å². The smallest absolute Gasteiger partial charge is 0.339 e. The fraction of sp³-hybridized carbons (Fsp3) is 0.524. The van der Waals surface area contributed by atoms with Crippen LogP contribution in [0.4, 0.5) is 0 Å². The molecule has 2 atom stereocenters. The van der Waals surface area contributed by atoms with Gasteiger partial charge in [0.2, 0.25) is 5.91 Å². The molecule has 1 aromatic carbocycles. The van der Waals surface area contributed by atoms with Crippen LogP contribution in [0.2, 0.25) is 0 Å². The van der Waals surface area contributed by atoms with E-state index in [0.717, 1.165) is 23.8 Å². The van der Waals surface area contributed by atoms with Crippen LogP contribution in [0.1, 0.15) is 43.2 Å². The molecule has 144 valence electrons. The lowest BCUT2D eigenvalue weighted by molar-refractivity contribution is -0.122. The van der Waals surface area contributed by atoms with Gasteiger partial charge in [-0.1, -0.05) is 0 Å². The van der Waals surface area contributed by atoms with Crippen LogP contribution in [-0.2, 0) is 11.2 Å². The van der Waals surface area contributed by atoms with Crippen molar-refractivity contribution in [1.29, 1.82) is 0 Å². The highest BCUT2D eigenvalue weighted by Gasteiger charge is 2.33. The van der Waals surface area contributed by atoms with Crippen LogP contribution < -0.4 is 21.0 Å².